The van der Waals surface area contributed by atoms with Crippen LogP contribution in [0.4, 0.5) is 10.5 Å². The maximum Gasteiger partial charge on any atom is 0.337 e. The van der Waals surface area contributed by atoms with Crippen molar-refractivity contribution < 1.29 is 28.7 Å². The molecule has 0 fully saturated rings. The van der Waals surface area contributed by atoms with Crippen LogP contribution in [0, 0.1) is 13.8 Å². The molecule has 168 valence electrons. The first-order valence-corrected chi connectivity index (χ1v) is 10.9. The zero-order chi connectivity index (χ0) is 23.0. The molecule has 31 heavy (non-hydrogen) atoms. The van der Waals surface area contributed by atoms with Crippen LogP contribution in [0.25, 0.3) is 0 Å². The number of carbonyl (C=O) groups excluding carboxylic acids is 4. The first-order valence-electron chi connectivity index (χ1n) is 9.79. The molecule has 3 N–H and O–H groups in total. The Morgan fingerprint density at radius 3 is 2.58 bits per heavy atom. The van der Waals surface area contributed by atoms with E-state index in [-0.39, 0.29) is 18.1 Å². The van der Waals surface area contributed by atoms with Crippen molar-refractivity contribution in [2.45, 2.75) is 33.7 Å². The van der Waals surface area contributed by atoms with E-state index in [0.29, 0.717) is 17.0 Å². The Hall–Kier alpha value is -3.01. The van der Waals surface area contributed by atoms with Crippen LogP contribution < -0.4 is 16.0 Å². The number of anilines is 1. The molecular formula is C21H27N3O6S. The van der Waals surface area contributed by atoms with E-state index in [9.17, 15) is 19.2 Å². The fraction of sp³-hybridized carbons (Fsp3) is 0.429. The van der Waals surface area contributed by atoms with E-state index in [1.807, 2.05) is 26.0 Å². The first-order chi connectivity index (χ1) is 14.7. The van der Waals surface area contributed by atoms with Crippen molar-refractivity contribution >= 4 is 41.3 Å². The number of urea groups is 1. The van der Waals surface area contributed by atoms with Crippen molar-refractivity contribution in [1.82, 2.24) is 10.6 Å². The van der Waals surface area contributed by atoms with E-state index >= 15 is 0 Å². The standard InChI is InChI=1S/C21H27N3O6S/c1-5-29-20(27)19-14(4)22-21(28)24-16(19)10-31-11-18(26)30-9-17(25)23-15-7-6-12(2)13(3)8-15/h6-8,14H,5,9-11H2,1-4H3,(H,23,25)(H2,22,24,28)/t14-/m0/s1. The second-order valence-corrected chi connectivity index (χ2v) is 7.92. The first kappa shape index (κ1) is 24.3. The fourth-order valence-electron chi connectivity index (χ4n) is 2.83. The summed E-state index contributed by atoms with van der Waals surface area (Å²) in [5, 5.41) is 7.87. The summed E-state index contributed by atoms with van der Waals surface area (Å²) < 4.78 is 10.0. The Labute approximate surface area is 185 Å². The number of ether oxygens (including phenoxy) is 2. The summed E-state index contributed by atoms with van der Waals surface area (Å²) in [5.41, 5.74) is 3.49. The van der Waals surface area contributed by atoms with Crippen molar-refractivity contribution in [2.75, 3.05) is 30.0 Å². The highest BCUT2D eigenvalue weighted by Gasteiger charge is 2.29. The van der Waals surface area contributed by atoms with Gasteiger partial charge in [0.15, 0.2) is 6.61 Å². The van der Waals surface area contributed by atoms with Gasteiger partial charge in [-0.15, -0.1) is 11.8 Å². The predicted octanol–water partition coefficient (Wildman–Crippen LogP) is 2.04. The van der Waals surface area contributed by atoms with Gasteiger partial charge in [0.1, 0.15) is 0 Å². The van der Waals surface area contributed by atoms with E-state index < -0.39 is 36.5 Å². The Morgan fingerprint density at radius 1 is 1.16 bits per heavy atom. The van der Waals surface area contributed by atoms with E-state index in [2.05, 4.69) is 16.0 Å². The number of carbonyl (C=O) groups is 4. The van der Waals surface area contributed by atoms with Gasteiger partial charge >= 0.3 is 18.0 Å². The second kappa shape index (κ2) is 11.4. The van der Waals surface area contributed by atoms with E-state index in [0.717, 1.165) is 22.9 Å². The number of aryl methyl sites for hydroxylation is 2. The number of rotatable bonds is 9. The summed E-state index contributed by atoms with van der Waals surface area (Å²) >= 11 is 1.16. The third-order valence-corrected chi connectivity index (χ3v) is 5.42. The molecule has 0 unspecified atom stereocenters. The van der Waals surface area contributed by atoms with Crippen LogP contribution in [-0.2, 0) is 23.9 Å². The molecule has 0 bridgehead atoms. The molecule has 9 nitrogen and oxygen atoms in total. The number of nitrogens with one attached hydrogen (secondary N) is 3. The minimum Gasteiger partial charge on any atom is -0.463 e. The number of hydrogen-bond donors (Lipinski definition) is 3. The third kappa shape index (κ3) is 7.32. The Bertz CT molecular complexity index is 899. The molecule has 0 saturated carbocycles. The molecule has 1 aliphatic rings. The van der Waals surface area contributed by atoms with Gasteiger partial charge in [-0.25, -0.2) is 9.59 Å². The number of amides is 3. The monoisotopic (exact) mass is 449 g/mol. The zero-order valence-corrected chi connectivity index (χ0v) is 18.8. The summed E-state index contributed by atoms with van der Waals surface area (Å²) in [7, 11) is 0. The molecule has 0 radical (unpaired) electrons. The molecule has 1 aromatic carbocycles. The molecule has 0 saturated heterocycles. The van der Waals surface area contributed by atoms with Gasteiger partial charge in [0, 0.05) is 17.1 Å². The van der Waals surface area contributed by atoms with Gasteiger partial charge in [0.2, 0.25) is 0 Å². The summed E-state index contributed by atoms with van der Waals surface area (Å²) in [6.07, 6.45) is 0. The molecule has 0 spiro atoms. The minimum absolute atomic E-state index is 0.0474. The topological polar surface area (TPSA) is 123 Å². The molecule has 2 rings (SSSR count). The van der Waals surface area contributed by atoms with Crippen LogP contribution in [0.15, 0.2) is 29.5 Å². The van der Waals surface area contributed by atoms with Crippen molar-refractivity contribution in [2.24, 2.45) is 0 Å². The second-order valence-electron chi connectivity index (χ2n) is 6.93. The van der Waals surface area contributed by atoms with Gasteiger partial charge in [-0.1, -0.05) is 6.07 Å². The number of esters is 2. The van der Waals surface area contributed by atoms with E-state index in [1.54, 1.807) is 19.9 Å². The van der Waals surface area contributed by atoms with E-state index in [1.165, 1.54) is 0 Å². The van der Waals surface area contributed by atoms with Crippen LogP contribution in [0.3, 0.4) is 0 Å². The van der Waals surface area contributed by atoms with Crippen molar-refractivity contribution in [3.05, 3.63) is 40.6 Å². The summed E-state index contributed by atoms with van der Waals surface area (Å²) in [4.78, 5) is 47.8. The lowest BCUT2D eigenvalue weighted by atomic mass is 10.1. The van der Waals surface area contributed by atoms with Gasteiger partial charge in [0.25, 0.3) is 5.91 Å². The smallest absolute Gasteiger partial charge is 0.337 e. The van der Waals surface area contributed by atoms with Crippen LogP contribution in [0.1, 0.15) is 25.0 Å². The molecule has 3 amide bonds. The van der Waals surface area contributed by atoms with Crippen LogP contribution in [0.2, 0.25) is 0 Å². The largest absolute Gasteiger partial charge is 0.463 e. The van der Waals surface area contributed by atoms with Gasteiger partial charge < -0.3 is 25.4 Å². The molecule has 10 heteroatoms. The van der Waals surface area contributed by atoms with Gasteiger partial charge in [0.05, 0.1) is 24.0 Å². The predicted molar refractivity (Wildman–Crippen MR) is 118 cm³/mol. The lowest BCUT2D eigenvalue weighted by Gasteiger charge is -2.26. The maximum absolute atomic E-state index is 12.2. The highest BCUT2D eigenvalue weighted by molar-refractivity contribution is 8.00. The van der Waals surface area contributed by atoms with Gasteiger partial charge in [-0.2, -0.15) is 0 Å². The normalized spacial score (nSPS) is 15.6. The lowest BCUT2D eigenvalue weighted by molar-refractivity contribution is -0.144. The van der Waals surface area contributed by atoms with Gasteiger partial charge in [-0.05, 0) is 51.0 Å². The average Bonchev–Trinajstić information content (AvgIpc) is 2.69. The summed E-state index contributed by atoms with van der Waals surface area (Å²) in [5.74, 6) is -1.38. The SMILES string of the molecule is CCOC(=O)C1=C(CSCC(=O)OCC(=O)Nc2ccc(C)c(C)c2)NC(=O)N[C@H]1C. The molecule has 0 aliphatic carbocycles. The molecule has 1 heterocycles. The third-order valence-electron chi connectivity index (χ3n) is 4.49. The molecular weight excluding hydrogens is 422 g/mol. The summed E-state index contributed by atoms with van der Waals surface area (Å²) in [6, 6.07) is 4.58. The lowest BCUT2D eigenvalue weighted by Crippen LogP contribution is -2.49. The van der Waals surface area contributed by atoms with Crippen LogP contribution in [-0.4, -0.2) is 54.6 Å². The average molecular weight is 450 g/mol. The van der Waals surface area contributed by atoms with Crippen LogP contribution >= 0.6 is 11.8 Å². The number of benzene rings is 1. The molecule has 1 atom stereocenters. The maximum atomic E-state index is 12.2. The van der Waals surface area contributed by atoms with Crippen LogP contribution in [0.5, 0.6) is 0 Å². The molecule has 1 aromatic rings. The summed E-state index contributed by atoms with van der Waals surface area (Å²) in [6.45, 7) is 7.09. The van der Waals surface area contributed by atoms with Crippen molar-refractivity contribution in [1.29, 1.82) is 0 Å². The minimum atomic E-state index is -0.577. The highest BCUT2D eigenvalue weighted by Crippen LogP contribution is 2.18. The zero-order valence-electron chi connectivity index (χ0n) is 18.0. The highest BCUT2D eigenvalue weighted by atomic mass is 32.2. The van der Waals surface area contributed by atoms with Gasteiger partial charge in [-0.3, -0.25) is 9.59 Å². The van der Waals surface area contributed by atoms with Crippen molar-refractivity contribution in [3.63, 3.8) is 0 Å². The number of thioether (sulfide) groups is 1. The Morgan fingerprint density at radius 2 is 1.90 bits per heavy atom. The Balaban J connectivity index is 1.82. The fourth-order valence-corrected chi connectivity index (χ4v) is 3.62. The van der Waals surface area contributed by atoms with Crippen molar-refractivity contribution in [3.8, 4) is 0 Å². The Kier molecular flexibility index (Phi) is 8.92. The molecule has 0 aromatic heterocycles. The number of hydrogen-bond acceptors (Lipinski definition) is 7. The quantitative estimate of drug-likeness (QED) is 0.493. The molecule has 1 aliphatic heterocycles. The van der Waals surface area contributed by atoms with E-state index in [4.69, 9.17) is 9.47 Å².